The Morgan fingerprint density at radius 1 is 1.47 bits per heavy atom. The Morgan fingerprint density at radius 3 is 2.60 bits per heavy atom. The number of hydrogen-bond donors (Lipinski definition) is 1. The first-order chi connectivity index (χ1) is 7.08. The molecule has 1 atom stereocenters. The lowest BCUT2D eigenvalue weighted by Gasteiger charge is -2.16. The molecule has 0 aliphatic carbocycles. The van der Waals surface area contributed by atoms with Crippen molar-refractivity contribution in [2.24, 2.45) is 0 Å². The number of carbonyl (C=O) groups is 1. The highest BCUT2D eigenvalue weighted by Gasteiger charge is 2.26. The Labute approximate surface area is 94.5 Å². The van der Waals surface area contributed by atoms with Gasteiger partial charge in [0.05, 0.1) is 13.7 Å². The Hall–Kier alpha value is -0.190. The van der Waals surface area contributed by atoms with E-state index >= 15 is 0 Å². The molecule has 0 fully saturated rings. The SMILES string of the molecule is CCCCOP(=O)(NC(=O)OC)SCC. The highest BCUT2D eigenvalue weighted by atomic mass is 32.7. The number of rotatable bonds is 7. The second-order valence-electron chi connectivity index (χ2n) is 2.71. The van der Waals surface area contributed by atoms with Gasteiger partial charge >= 0.3 is 12.8 Å². The molecule has 0 aliphatic heterocycles. The van der Waals surface area contributed by atoms with Gasteiger partial charge in [0.25, 0.3) is 0 Å². The number of nitrogens with one attached hydrogen (secondary N) is 1. The van der Waals surface area contributed by atoms with Crippen LogP contribution in [0.4, 0.5) is 4.79 Å². The lowest BCUT2D eigenvalue weighted by molar-refractivity contribution is 0.175. The number of ether oxygens (including phenoxy) is 1. The Bertz CT molecular complexity index is 237. The van der Waals surface area contributed by atoms with Crippen molar-refractivity contribution in [3.8, 4) is 0 Å². The third-order valence-electron chi connectivity index (χ3n) is 1.47. The van der Waals surface area contributed by atoms with Crippen LogP contribution in [0.3, 0.4) is 0 Å². The largest absolute Gasteiger partial charge is 0.453 e. The summed E-state index contributed by atoms with van der Waals surface area (Å²) in [7, 11) is 1.22. The van der Waals surface area contributed by atoms with Crippen molar-refractivity contribution in [3.05, 3.63) is 0 Å². The Kier molecular flexibility index (Phi) is 7.92. The van der Waals surface area contributed by atoms with E-state index in [0.717, 1.165) is 24.2 Å². The molecule has 5 nitrogen and oxygen atoms in total. The summed E-state index contributed by atoms with van der Waals surface area (Å²) in [6.45, 7) is 1.11. The quantitative estimate of drug-likeness (QED) is 0.559. The van der Waals surface area contributed by atoms with Gasteiger partial charge in [0.15, 0.2) is 0 Å². The van der Waals surface area contributed by atoms with Crippen molar-refractivity contribution in [3.63, 3.8) is 0 Å². The fraction of sp³-hybridized carbons (Fsp3) is 0.875. The fourth-order valence-electron chi connectivity index (χ4n) is 0.758. The highest BCUT2D eigenvalue weighted by molar-refractivity contribution is 8.56. The van der Waals surface area contributed by atoms with Crippen molar-refractivity contribution in [2.75, 3.05) is 19.5 Å². The van der Waals surface area contributed by atoms with E-state index in [1.807, 2.05) is 13.8 Å². The number of amides is 1. The van der Waals surface area contributed by atoms with Gasteiger partial charge < -0.3 is 9.26 Å². The van der Waals surface area contributed by atoms with Crippen LogP contribution >= 0.6 is 18.1 Å². The molecule has 0 aromatic heterocycles. The minimum atomic E-state index is -3.13. The van der Waals surface area contributed by atoms with Gasteiger partial charge in [-0.2, -0.15) is 0 Å². The molecule has 0 heterocycles. The van der Waals surface area contributed by atoms with E-state index in [1.165, 1.54) is 7.11 Å². The number of hydrogen-bond acceptors (Lipinski definition) is 5. The molecule has 0 aromatic rings. The monoisotopic (exact) mass is 255 g/mol. The van der Waals surface area contributed by atoms with Crippen molar-refractivity contribution >= 4 is 24.2 Å². The zero-order chi connectivity index (χ0) is 11.7. The number of carbonyl (C=O) groups excluding carboxylic acids is 1. The predicted molar refractivity (Wildman–Crippen MR) is 62.1 cm³/mol. The molecular formula is C8H18NO4PS. The van der Waals surface area contributed by atoms with Crippen LogP contribution in [-0.2, 0) is 13.8 Å². The van der Waals surface area contributed by atoms with Crippen LogP contribution in [0.2, 0.25) is 0 Å². The van der Waals surface area contributed by atoms with Crippen LogP contribution in [0.25, 0.3) is 0 Å². The maximum atomic E-state index is 12.0. The summed E-state index contributed by atoms with van der Waals surface area (Å²) in [6.07, 6.45) is 1.04. The first-order valence-corrected chi connectivity index (χ1v) is 8.04. The van der Waals surface area contributed by atoms with Crippen LogP contribution in [0.15, 0.2) is 0 Å². The van der Waals surface area contributed by atoms with Gasteiger partial charge in [0.2, 0.25) is 0 Å². The van der Waals surface area contributed by atoms with Crippen LogP contribution in [0.5, 0.6) is 0 Å². The standard InChI is InChI=1S/C8H18NO4PS/c1-4-6-7-13-14(11,15-5-2)9-8(10)12-3/h4-7H2,1-3H3,(H,9,10,11). The van der Waals surface area contributed by atoms with E-state index in [-0.39, 0.29) is 0 Å². The fourth-order valence-corrected chi connectivity index (χ4v) is 3.87. The van der Waals surface area contributed by atoms with Crippen molar-refractivity contribution in [2.45, 2.75) is 26.7 Å². The average Bonchev–Trinajstić information content (AvgIpc) is 2.18. The Morgan fingerprint density at radius 2 is 2.13 bits per heavy atom. The van der Waals surface area contributed by atoms with E-state index in [0.29, 0.717) is 12.4 Å². The lowest BCUT2D eigenvalue weighted by atomic mass is 10.4. The molecule has 0 saturated carbocycles. The first kappa shape index (κ1) is 14.8. The summed E-state index contributed by atoms with van der Waals surface area (Å²) >= 11 is 1.09. The van der Waals surface area contributed by atoms with E-state index in [4.69, 9.17) is 4.52 Å². The van der Waals surface area contributed by atoms with Crippen LogP contribution in [-0.4, -0.2) is 25.6 Å². The van der Waals surface area contributed by atoms with Gasteiger partial charge in [-0.25, -0.2) is 9.88 Å². The maximum Gasteiger partial charge on any atom is 0.414 e. The normalized spacial score (nSPS) is 14.3. The van der Waals surface area contributed by atoms with Crippen LogP contribution < -0.4 is 5.09 Å². The summed E-state index contributed by atoms with van der Waals surface area (Å²) in [5.41, 5.74) is 0. The molecule has 0 rings (SSSR count). The number of unbranched alkanes of at least 4 members (excludes halogenated alkanes) is 1. The minimum absolute atomic E-state index is 0.380. The molecule has 0 radical (unpaired) electrons. The molecule has 0 saturated heterocycles. The van der Waals surface area contributed by atoms with E-state index in [2.05, 4.69) is 9.82 Å². The molecule has 90 valence electrons. The van der Waals surface area contributed by atoms with Crippen molar-refractivity contribution in [1.29, 1.82) is 0 Å². The Balaban J connectivity index is 4.18. The molecule has 1 amide bonds. The van der Waals surface area contributed by atoms with Crippen molar-refractivity contribution < 1.29 is 18.6 Å². The summed E-state index contributed by atoms with van der Waals surface area (Å²) in [6, 6.07) is 0. The average molecular weight is 255 g/mol. The predicted octanol–water partition coefficient (Wildman–Crippen LogP) is 3.02. The lowest BCUT2D eigenvalue weighted by Crippen LogP contribution is -2.20. The summed E-state index contributed by atoms with van der Waals surface area (Å²) in [5, 5.41) is 2.24. The van der Waals surface area contributed by atoms with Crippen LogP contribution in [0.1, 0.15) is 26.7 Å². The van der Waals surface area contributed by atoms with Crippen molar-refractivity contribution in [1.82, 2.24) is 5.09 Å². The van der Waals surface area contributed by atoms with Gasteiger partial charge in [-0.05, 0) is 17.8 Å². The molecule has 0 bridgehead atoms. The molecule has 0 aromatic carbocycles. The molecule has 1 unspecified atom stereocenters. The molecule has 0 aliphatic rings. The number of methoxy groups -OCH3 is 1. The zero-order valence-corrected chi connectivity index (χ0v) is 11.0. The molecule has 7 heteroatoms. The van der Waals surface area contributed by atoms with Gasteiger partial charge in [-0.1, -0.05) is 20.3 Å². The molecule has 1 N–H and O–H groups in total. The molecule has 0 spiro atoms. The van der Waals surface area contributed by atoms with E-state index in [1.54, 1.807) is 0 Å². The summed E-state index contributed by atoms with van der Waals surface area (Å²) in [4.78, 5) is 10.9. The third kappa shape index (κ3) is 6.82. The van der Waals surface area contributed by atoms with Gasteiger partial charge in [-0.3, -0.25) is 4.57 Å². The topological polar surface area (TPSA) is 64.6 Å². The third-order valence-corrected chi connectivity index (χ3v) is 5.43. The minimum Gasteiger partial charge on any atom is -0.453 e. The van der Waals surface area contributed by atoms with E-state index < -0.39 is 12.8 Å². The van der Waals surface area contributed by atoms with E-state index in [9.17, 15) is 9.36 Å². The first-order valence-electron chi connectivity index (χ1n) is 4.83. The second-order valence-corrected chi connectivity index (χ2v) is 7.23. The van der Waals surface area contributed by atoms with Gasteiger partial charge in [0.1, 0.15) is 0 Å². The van der Waals surface area contributed by atoms with Gasteiger partial charge in [-0.15, -0.1) is 0 Å². The molecular weight excluding hydrogens is 237 g/mol. The molecule has 15 heavy (non-hydrogen) atoms. The maximum absolute atomic E-state index is 12.0. The zero-order valence-electron chi connectivity index (χ0n) is 9.32. The highest BCUT2D eigenvalue weighted by Crippen LogP contribution is 2.55. The van der Waals surface area contributed by atoms with Gasteiger partial charge in [0, 0.05) is 5.75 Å². The second kappa shape index (κ2) is 8.02. The summed E-state index contributed by atoms with van der Waals surface area (Å²) < 4.78 is 21.6. The summed E-state index contributed by atoms with van der Waals surface area (Å²) in [5.74, 6) is 0.605. The smallest absolute Gasteiger partial charge is 0.414 e. The van der Waals surface area contributed by atoms with Crippen LogP contribution in [0, 0.1) is 0 Å².